The molecule has 4 heteroatoms. The van der Waals surface area contributed by atoms with Crippen LogP contribution < -0.4 is 10.1 Å². The molecule has 106 valence electrons. The van der Waals surface area contributed by atoms with Gasteiger partial charge in [0.25, 0.3) is 0 Å². The highest BCUT2D eigenvalue weighted by Gasteiger charge is 2.49. The minimum Gasteiger partial charge on any atom is -0.490 e. The van der Waals surface area contributed by atoms with E-state index in [4.69, 9.17) is 27.9 Å². The number of halogens is 2. The number of hydrogen-bond donors (Lipinski definition) is 1. The third kappa shape index (κ3) is 3.18. The highest BCUT2D eigenvalue weighted by atomic mass is 35.5. The molecule has 2 rings (SSSR count). The average molecular weight is 302 g/mol. The topological polar surface area (TPSA) is 21.3 Å². The van der Waals surface area contributed by atoms with Crippen LogP contribution in [0.4, 0.5) is 0 Å². The fraction of sp³-hybridized carbons (Fsp3) is 0.600. The van der Waals surface area contributed by atoms with Gasteiger partial charge in [-0.25, -0.2) is 0 Å². The van der Waals surface area contributed by atoms with Crippen molar-refractivity contribution in [1.82, 2.24) is 5.32 Å². The standard InChI is InChI=1S/C15H21Cl2NO/c1-4-7-18-13-9-14(15(13,2)3)19-10-5-6-11(16)12(17)8-10/h5-6,8,13-14,18H,4,7,9H2,1-3H3. The van der Waals surface area contributed by atoms with Gasteiger partial charge in [0.15, 0.2) is 0 Å². The summed E-state index contributed by atoms with van der Waals surface area (Å²) in [5.74, 6) is 0.793. The first kappa shape index (κ1) is 15.0. The molecule has 0 amide bonds. The van der Waals surface area contributed by atoms with Gasteiger partial charge in [-0.1, -0.05) is 44.0 Å². The normalized spacial score (nSPS) is 24.9. The van der Waals surface area contributed by atoms with E-state index in [0.29, 0.717) is 16.1 Å². The number of hydrogen-bond acceptors (Lipinski definition) is 2. The molecule has 2 unspecified atom stereocenters. The Morgan fingerprint density at radius 1 is 1.32 bits per heavy atom. The maximum Gasteiger partial charge on any atom is 0.121 e. The zero-order chi connectivity index (χ0) is 14.0. The van der Waals surface area contributed by atoms with E-state index in [0.717, 1.165) is 25.1 Å². The fourth-order valence-corrected chi connectivity index (χ4v) is 2.75. The lowest BCUT2D eigenvalue weighted by Gasteiger charge is -2.51. The zero-order valence-electron chi connectivity index (χ0n) is 11.7. The van der Waals surface area contributed by atoms with E-state index in [1.807, 2.05) is 6.07 Å². The predicted molar refractivity (Wildman–Crippen MR) is 81.4 cm³/mol. The second-order valence-electron chi connectivity index (χ2n) is 5.75. The lowest BCUT2D eigenvalue weighted by atomic mass is 9.64. The molecule has 0 heterocycles. The van der Waals surface area contributed by atoms with Crippen LogP contribution in [-0.4, -0.2) is 18.7 Å². The summed E-state index contributed by atoms with van der Waals surface area (Å²) >= 11 is 11.9. The number of benzene rings is 1. The molecule has 2 atom stereocenters. The molecule has 1 fully saturated rings. The highest BCUT2D eigenvalue weighted by Crippen LogP contribution is 2.43. The van der Waals surface area contributed by atoms with Gasteiger partial charge in [0.05, 0.1) is 10.0 Å². The molecule has 1 saturated carbocycles. The quantitative estimate of drug-likeness (QED) is 0.862. The summed E-state index contributed by atoms with van der Waals surface area (Å²) in [6, 6.07) is 5.96. The van der Waals surface area contributed by atoms with Crippen LogP contribution in [0, 0.1) is 5.41 Å². The molecule has 1 N–H and O–H groups in total. The first-order valence-corrected chi connectivity index (χ1v) is 7.55. The Morgan fingerprint density at radius 3 is 2.63 bits per heavy atom. The number of nitrogens with one attached hydrogen (secondary N) is 1. The van der Waals surface area contributed by atoms with Gasteiger partial charge < -0.3 is 10.1 Å². The molecular weight excluding hydrogens is 281 g/mol. The zero-order valence-corrected chi connectivity index (χ0v) is 13.2. The van der Waals surface area contributed by atoms with E-state index < -0.39 is 0 Å². The van der Waals surface area contributed by atoms with Gasteiger partial charge >= 0.3 is 0 Å². The van der Waals surface area contributed by atoms with Gasteiger partial charge in [0.2, 0.25) is 0 Å². The van der Waals surface area contributed by atoms with E-state index in [2.05, 4.69) is 26.1 Å². The molecule has 0 spiro atoms. The van der Waals surface area contributed by atoms with Crippen LogP contribution >= 0.6 is 23.2 Å². The monoisotopic (exact) mass is 301 g/mol. The Balaban J connectivity index is 1.96. The molecule has 0 aromatic heterocycles. The molecule has 0 saturated heterocycles. The molecule has 1 aromatic carbocycles. The molecular formula is C15H21Cl2NO. The van der Waals surface area contributed by atoms with Crippen molar-refractivity contribution in [3.05, 3.63) is 28.2 Å². The largest absolute Gasteiger partial charge is 0.490 e. The van der Waals surface area contributed by atoms with Crippen LogP contribution in [0.15, 0.2) is 18.2 Å². The summed E-state index contributed by atoms with van der Waals surface area (Å²) in [6.07, 6.45) is 2.41. The molecule has 2 nitrogen and oxygen atoms in total. The molecule has 1 aliphatic carbocycles. The first-order valence-electron chi connectivity index (χ1n) is 6.80. The minimum absolute atomic E-state index is 0.140. The maximum atomic E-state index is 6.03. The average Bonchev–Trinajstić information content (AvgIpc) is 2.37. The van der Waals surface area contributed by atoms with Crippen molar-refractivity contribution in [2.75, 3.05) is 6.54 Å². The minimum atomic E-state index is 0.140. The van der Waals surface area contributed by atoms with Crippen molar-refractivity contribution in [3.8, 4) is 5.75 Å². The van der Waals surface area contributed by atoms with Crippen molar-refractivity contribution in [3.63, 3.8) is 0 Å². The Labute approximate surface area is 125 Å². The first-order chi connectivity index (χ1) is 8.95. The Morgan fingerprint density at radius 2 is 2.05 bits per heavy atom. The van der Waals surface area contributed by atoms with E-state index in [-0.39, 0.29) is 11.5 Å². The highest BCUT2D eigenvalue weighted by molar-refractivity contribution is 6.42. The van der Waals surface area contributed by atoms with E-state index in [1.165, 1.54) is 0 Å². The summed E-state index contributed by atoms with van der Waals surface area (Å²) in [7, 11) is 0. The third-order valence-electron chi connectivity index (χ3n) is 3.99. The van der Waals surface area contributed by atoms with Crippen LogP contribution in [0.1, 0.15) is 33.6 Å². The number of rotatable bonds is 5. The summed E-state index contributed by atoms with van der Waals surface area (Å²) in [5, 5.41) is 4.67. The smallest absolute Gasteiger partial charge is 0.121 e. The Hall–Kier alpha value is -0.440. The van der Waals surface area contributed by atoms with Crippen molar-refractivity contribution < 1.29 is 4.74 Å². The Kier molecular flexibility index (Phi) is 4.65. The summed E-state index contributed by atoms with van der Waals surface area (Å²) < 4.78 is 6.03. The second-order valence-corrected chi connectivity index (χ2v) is 6.56. The number of ether oxygens (including phenoxy) is 1. The van der Waals surface area contributed by atoms with Crippen LogP contribution in [-0.2, 0) is 0 Å². The maximum absolute atomic E-state index is 6.03. The third-order valence-corrected chi connectivity index (χ3v) is 4.73. The van der Waals surface area contributed by atoms with Crippen LogP contribution in [0.25, 0.3) is 0 Å². The van der Waals surface area contributed by atoms with Gasteiger partial charge in [0.1, 0.15) is 11.9 Å². The van der Waals surface area contributed by atoms with Gasteiger partial charge in [-0.3, -0.25) is 0 Å². The Bertz CT molecular complexity index is 448. The van der Waals surface area contributed by atoms with Crippen molar-refractivity contribution in [2.45, 2.75) is 45.8 Å². The SMILES string of the molecule is CCCNC1CC(Oc2ccc(Cl)c(Cl)c2)C1(C)C. The van der Waals surface area contributed by atoms with E-state index >= 15 is 0 Å². The van der Waals surface area contributed by atoms with E-state index in [9.17, 15) is 0 Å². The van der Waals surface area contributed by atoms with Gasteiger partial charge in [-0.05, 0) is 25.1 Å². The van der Waals surface area contributed by atoms with Crippen molar-refractivity contribution >= 4 is 23.2 Å². The lowest BCUT2D eigenvalue weighted by molar-refractivity contribution is -0.0545. The summed E-state index contributed by atoms with van der Waals surface area (Å²) in [4.78, 5) is 0. The fourth-order valence-electron chi connectivity index (χ4n) is 2.46. The van der Waals surface area contributed by atoms with Crippen LogP contribution in [0.2, 0.25) is 10.0 Å². The molecule has 0 bridgehead atoms. The van der Waals surface area contributed by atoms with Crippen molar-refractivity contribution in [2.24, 2.45) is 5.41 Å². The molecule has 1 aromatic rings. The molecule has 0 radical (unpaired) electrons. The second kappa shape index (κ2) is 5.90. The lowest BCUT2D eigenvalue weighted by Crippen LogP contribution is -2.62. The summed E-state index contributed by atoms with van der Waals surface area (Å²) in [6.45, 7) is 7.73. The molecule has 0 aliphatic heterocycles. The predicted octanol–water partition coefficient (Wildman–Crippen LogP) is 4.54. The van der Waals surface area contributed by atoms with Gasteiger partial charge in [-0.15, -0.1) is 0 Å². The summed E-state index contributed by atoms with van der Waals surface area (Å²) in [5.41, 5.74) is 0.140. The van der Waals surface area contributed by atoms with Crippen LogP contribution in [0.3, 0.4) is 0 Å². The van der Waals surface area contributed by atoms with Crippen molar-refractivity contribution in [1.29, 1.82) is 0 Å². The van der Waals surface area contributed by atoms with E-state index in [1.54, 1.807) is 12.1 Å². The molecule has 19 heavy (non-hydrogen) atoms. The molecule has 1 aliphatic rings. The van der Waals surface area contributed by atoms with Gasteiger partial charge in [-0.2, -0.15) is 0 Å². The van der Waals surface area contributed by atoms with Crippen LogP contribution in [0.5, 0.6) is 5.75 Å². The van der Waals surface area contributed by atoms with Gasteiger partial charge in [0, 0.05) is 23.9 Å².